The second-order valence-corrected chi connectivity index (χ2v) is 8.12. The van der Waals surface area contributed by atoms with Crippen LogP contribution < -0.4 is 5.56 Å². The Kier molecular flexibility index (Phi) is 4.48. The summed E-state index contributed by atoms with van der Waals surface area (Å²) in [6.45, 7) is 1.82. The number of aliphatic hydroxyl groups excluding tert-OH is 2. The van der Waals surface area contributed by atoms with Crippen molar-refractivity contribution in [3.8, 4) is 0 Å². The van der Waals surface area contributed by atoms with Crippen LogP contribution in [0.3, 0.4) is 0 Å². The van der Waals surface area contributed by atoms with Gasteiger partial charge in [0.2, 0.25) is 15.6 Å². The molecule has 0 radical (unpaired) electrons. The zero-order valence-corrected chi connectivity index (χ0v) is 14.1. The zero-order chi connectivity index (χ0) is 17.5. The van der Waals surface area contributed by atoms with Crippen LogP contribution in [0.15, 0.2) is 34.0 Å². The summed E-state index contributed by atoms with van der Waals surface area (Å²) in [5.74, 6) is -0.291. The van der Waals surface area contributed by atoms with Crippen LogP contribution >= 0.6 is 0 Å². The lowest BCUT2D eigenvalue weighted by atomic mass is 9.96. The maximum atomic E-state index is 12.8. The quantitative estimate of drug-likeness (QED) is 0.731. The van der Waals surface area contributed by atoms with E-state index < -0.39 is 16.1 Å². The molecule has 1 fully saturated rings. The molecule has 7 nitrogen and oxygen atoms in total. The monoisotopic (exact) mass is 352 g/mol. The van der Waals surface area contributed by atoms with Crippen molar-refractivity contribution in [3.05, 3.63) is 40.2 Å². The van der Waals surface area contributed by atoms with Gasteiger partial charge in [-0.1, -0.05) is 0 Å². The molecule has 1 aromatic heterocycles. The fourth-order valence-electron chi connectivity index (χ4n) is 3.09. The van der Waals surface area contributed by atoms with Crippen LogP contribution in [0.5, 0.6) is 0 Å². The van der Waals surface area contributed by atoms with Crippen LogP contribution in [0.2, 0.25) is 0 Å². The Labute approximate surface area is 139 Å². The summed E-state index contributed by atoms with van der Waals surface area (Å²) in [5.41, 5.74) is 1.05. The van der Waals surface area contributed by atoms with Crippen molar-refractivity contribution in [3.63, 3.8) is 0 Å². The Balaban J connectivity index is 1.98. The van der Waals surface area contributed by atoms with Crippen molar-refractivity contribution in [1.29, 1.82) is 0 Å². The van der Waals surface area contributed by atoms with Gasteiger partial charge in [-0.2, -0.15) is 4.31 Å². The zero-order valence-electron chi connectivity index (χ0n) is 13.3. The number of pyridine rings is 1. The van der Waals surface area contributed by atoms with E-state index in [0.717, 1.165) is 0 Å². The van der Waals surface area contributed by atoms with Crippen LogP contribution in [0, 0.1) is 12.8 Å². The lowest BCUT2D eigenvalue weighted by Crippen LogP contribution is -2.47. The Hall–Kier alpha value is -1.74. The highest BCUT2D eigenvalue weighted by Crippen LogP contribution is 2.26. The minimum Gasteiger partial charge on any atom is -0.396 e. The maximum Gasteiger partial charge on any atom is 0.248 e. The number of nitrogens with zero attached hydrogens (tertiary/aromatic N) is 1. The summed E-state index contributed by atoms with van der Waals surface area (Å²) in [7, 11) is -3.75. The Morgan fingerprint density at radius 3 is 2.75 bits per heavy atom. The van der Waals surface area contributed by atoms with Crippen LogP contribution in [0.1, 0.15) is 12.0 Å². The highest BCUT2D eigenvalue weighted by Gasteiger charge is 2.34. The topological polar surface area (TPSA) is 111 Å². The summed E-state index contributed by atoms with van der Waals surface area (Å²) < 4.78 is 26.9. The molecule has 1 aliphatic rings. The van der Waals surface area contributed by atoms with Crippen molar-refractivity contribution in [2.45, 2.75) is 24.3 Å². The predicted octanol–water partition coefficient (Wildman–Crippen LogP) is 0.200. The van der Waals surface area contributed by atoms with Crippen molar-refractivity contribution >= 4 is 20.9 Å². The molecule has 2 aromatic rings. The molecule has 0 saturated carbocycles. The van der Waals surface area contributed by atoms with Crippen molar-refractivity contribution in [2.24, 2.45) is 5.92 Å². The fraction of sp³-hybridized carbons (Fsp3) is 0.438. The van der Waals surface area contributed by atoms with E-state index in [1.54, 1.807) is 19.1 Å². The van der Waals surface area contributed by atoms with Gasteiger partial charge in [0.1, 0.15) is 0 Å². The SMILES string of the molecule is Cc1cc(=O)[nH]c2ccc(S(=O)(=O)N3CC[C@H](CO)[C@H](O)C3)cc12. The number of nitrogens with one attached hydrogen (secondary N) is 1. The number of aromatic nitrogens is 1. The Bertz CT molecular complexity index is 922. The molecule has 130 valence electrons. The lowest BCUT2D eigenvalue weighted by Gasteiger charge is -2.34. The lowest BCUT2D eigenvalue weighted by molar-refractivity contribution is 0.0222. The molecule has 0 amide bonds. The predicted molar refractivity (Wildman–Crippen MR) is 89.3 cm³/mol. The number of piperidine rings is 1. The molecule has 1 aliphatic heterocycles. The van der Waals surface area contributed by atoms with Crippen LogP contribution in [0.4, 0.5) is 0 Å². The molecule has 3 rings (SSSR count). The third-order valence-electron chi connectivity index (χ3n) is 4.58. The standard InChI is InChI=1S/C16H20N2O5S/c1-10-6-16(21)17-14-3-2-12(7-13(10)14)24(22,23)18-5-4-11(9-19)15(20)8-18/h2-3,6-7,11,15,19-20H,4-5,8-9H2,1H3,(H,17,21)/t11-,15-/m1/s1. The van der Waals surface area contributed by atoms with Gasteiger partial charge in [-0.3, -0.25) is 4.79 Å². The smallest absolute Gasteiger partial charge is 0.248 e. The van der Waals surface area contributed by atoms with E-state index >= 15 is 0 Å². The maximum absolute atomic E-state index is 12.8. The van der Waals surface area contributed by atoms with E-state index in [-0.39, 0.29) is 36.1 Å². The third kappa shape index (κ3) is 2.98. The molecule has 0 unspecified atom stereocenters. The molecule has 0 aliphatic carbocycles. The summed E-state index contributed by atoms with van der Waals surface area (Å²) >= 11 is 0. The van der Waals surface area contributed by atoms with Crippen molar-refractivity contribution in [1.82, 2.24) is 9.29 Å². The second-order valence-electron chi connectivity index (χ2n) is 6.19. The molecule has 1 aromatic carbocycles. The first-order chi connectivity index (χ1) is 11.3. The van der Waals surface area contributed by atoms with Crippen molar-refractivity contribution < 1.29 is 18.6 Å². The first-order valence-electron chi connectivity index (χ1n) is 7.75. The number of H-pyrrole nitrogens is 1. The highest BCUT2D eigenvalue weighted by molar-refractivity contribution is 7.89. The van der Waals surface area contributed by atoms with Crippen LogP contribution in [0.25, 0.3) is 10.9 Å². The van der Waals surface area contributed by atoms with Gasteiger partial charge in [0.15, 0.2) is 0 Å². The number of aliphatic hydroxyl groups is 2. The van der Waals surface area contributed by atoms with E-state index in [0.29, 0.717) is 22.9 Å². The van der Waals surface area contributed by atoms with Gasteiger partial charge in [0.05, 0.1) is 11.0 Å². The average Bonchev–Trinajstić information content (AvgIpc) is 2.54. The minimum atomic E-state index is -3.75. The van der Waals surface area contributed by atoms with Gasteiger partial charge < -0.3 is 15.2 Å². The molecule has 8 heteroatoms. The number of aromatic amines is 1. The van der Waals surface area contributed by atoms with E-state index in [9.17, 15) is 23.4 Å². The first kappa shape index (κ1) is 17.1. The normalized spacial score (nSPS) is 22.8. The van der Waals surface area contributed by atoms with E-state index in [1.165, 1.54) is 16.4 Å². The van der Waals surface area contributed by atoms with E-state index in [1.807, 2.05) is 0 Å². The number of aryl methyl sites for hydroxylation is 1. The number of hydrogen-bond acceptors (Lipinski definition) is 5. The number of fused-ring (bicyclic) bond motifs is 1. The fourth-order valence-corrected chi connectivity index (χ4v) is 4.59. The molecular formula is C16H20N2O5S. The van der Waals surface area contributed by atoms with E-state index in [4.69, 9.17) is 0 Å². The van der Waals surface area contributed by atoms with E-state index in [2.05, 4.69) is 4.98 Å². The molecule has 0 bridgehead atoms. The Morgan fingerprint density at radius 2 is 2.08 bits per heavy atom. The summed E-state index contributed by atoms with van der Waals surface area (Å²) in [5, 5.41) is 19.8. The highest BCUT2D eigenvalue weighted by atomic mass is 32.2. The number of sulfonamides is 1. The van der Waals surface area contributed by atoms with Crippen LogP contribution in [-0.4, -0.2) is 53.7 Å². The van der Waals surface area contributed by atoms with Gasteiger partial charge in [0.25, 0.3) is 0 Å². The van der Waals surface area contributed by atoms with Gasteiger partial charge >= 0.3 is 0 Å². The van der Waals surface area contributed by atoms with Gasteiger partial charge in [-0.05, 0) is 37.1 Å². The first-order valence-corrected chi connectivity index (χ1v) is 9.19. The molecular weight excluding hydrogens is 332 g/mol. The molecule has 3 N–H and O–H groups in total. The third-order valence-corrected chi connectivity index (χ3v) is 6.44. The number of β-amino-alcohol motifs (C(OH)–C–C–N with tert-alkyl or cyclic N) is 1. The number of hydrogen-bond donors (Lipinski definition) is 3. The molecule has 24 heavy (non-hydrogen) atoms. The minimum absolute atomic E-state index is 0.0315. The second kappa shape index (κ2) is 6.29. The number of rotatable bonds is 3. The van der Waals surface area contributed by atoms with Gasteiger partial charge in [-0.15, -0.1) is 0 Å². The number of benzene rings is 1. The molecule has 1 saturated heterocycles. The molecule has 0 spiro atoms. The Morgan fingerprint density at radius 1 is 1.33 bits per heavy atom. The van der Waals surface area contributed by atoms with Crippen LogP contribution in [-0.2, 0) is 10.0 Å². The largest absolute Gasteiger partial charge is 0.396 e. The summed E-state index contributed by atoms with van der Waals surface area (Å²) in [6.07, 6.45) is -0.464. The average molecular weight is 352 g/mol. The summed E-state index contributed by atoms with van der Waals surface area (Å²) in [6, 6.07) is 6.00. The molecule has 2 atom stereocenters. The van der Waals surface area contributed by atoms with Gasteiger partial charge in [0, 0.05) is 42.6 Å². The van der Waals surface area contributed by atoms with Gasteiger partial charge in [-0.25, -0.2) is 8.42 Å². The summed E-state index contributed by atoms with van der Waals surface area (Å²) in [4.78, 5) is 14.3. The van der Waals surface area contributed by atoms with Crippen molar-refractivity contribution in [2.75, 3.05) is 19.7 Å². The molecule has 2 heterocycles.